The van der Waals surface area contributed by atoms with Crippen LogP contribution in [-0.4, -0.2) is 62.3 Å². The summed E-state index contributed by atoms with van der Waals surface area (Å²) in [4.78, 5) is 7.50. The number of aliphatic imine (C=N–C) groups is 1. The molecule has 0 aromatic heterocycles. The van der Waals surface area contributed by atoms with Gasteiger partial charge in [-0.25, -0.2) is 8.78 Å². The number of anilines is 1. The number of halogens is 2. The quantitative estimate of drug-likeness (QED) is 0.505. The molecule has 1 heterocycles. The molecule has 33 heavy (non-hydrogen) atoms. The van der Waals surface area contributed by atoms with Crippen LogP contribution < -0.4 is 10.2 Å². The summed E-state index contributed by atoms with van der Waals surface area (Å²) >= 11 is 0. The van der Waals surface area contributed by atoms with Crippen molar-refractivity contribution in [2.24, 2.45) is 4.99 Å². The molecule has 176 valence electrons. The second-order valence-corrected chi connectivity index (χ2v) is 7.96. The molecule has 2 aromatic rings. The van der Waals surface area contributed by atoms with Crippen LogP contribution in [0.5, 0.6) is 0 Å². The van der Waals surface area contributed by atoms with Crippen LogP contribution in [0, 0.1) is 5.82 Å². The summed E-state index contributed by atoms with van der Waals surface area (Å²) in [5.74, 6) is 0.152. The van der Waals surface area contributed by atoms with Crippen LogP contribution in [0.3, 0.4) is 0 Å². The second-order valence-electron chi connectivity index (χ2n) is 7.96. The van der Waals surface area contributed by atoms with Gasteiger partial charge < -0.3 is 25.0 Å². The highest BCUT2D eigenvalue weighted by atomic mass is 19.1. The summed E-state index contributed by atoms with van der Waals surface area (Å²) in [5, 5.41) is 12.2. The fourth-order valence-electron chi connectivity index (χ4n) is 3.63. The summed E-state index contributed by atoms with van der Waals surface area (Å²) in [5.41, 5.74) is 2.89. The van der Waals surface area contributed by atoms with Crippen LogP contribution >= 0.6 is 0 Å². The van der Waals surface area contributed by atoms with Gasteiger partial charge in [0.15, 0.2) is 5.88 Å². The third kappa shape index (κ3) is 6.63. The average Bonchev–Trinajstić information content (AvgIpc) is 3.17. The molecular weight excluding hydrogens is 426 g/mol. The molecule has 2 N–H and O–H groups in total. The van der Waals surface area contributed by atoms with Crippen molar-refractivity contribution in [1.82, 2.24) is 10.2 Å². The van der Waals surface area contributed by atoms with Gasteiger partial charge in [-0.3, -0.25) is 4.99 Å². The maximum absolute atomic E-state index is 15.0. The third-order valence-electron chi connectivity index (χ3n) is 5.32. The first kappa shape index (κ1) is 24.4. The minimum absolute atomic E-state index is 0.105. The highest BCUT2D eigenvalue weighted by Gasteiger charge is 2.28. The molecule has 3 rings (SSSR count). The lowest BCUT2D eigenvalue weighted by molar-refractivity contribution is 0.137. The number of rotatable bonds is 11. The maximum Gasteiger partial charge on any atom is 0.186 e. The number of benzene rings is 2. The summed E-state index contributed by atoms with van der Waals surface area (Å²) in [6.45, 7) is 8.48. The van der Waals surface area contributed by atoms with Gasteiger partial charge in [-0.05, 0) is 42.6 Å². The minimum Gasteiger partial charge on any atom is -0.472 e. The zero-order valence-corrected chi connectivity index (χ0v) is 18.8. The van der Waals surface area contributed by atoms with Gasteiger partial charge in [-0.1, -0.05) is 24.3 Å². The van der Waals surface area contributed by atoms with Gasteiger partial charge in [0, 0.05) is 43.8 Å². The Balaban J connectivity index is 1.63. The average molecular weight is 457 g/mol. The van der Waals surface area contributed by atoms with E-state index in [1.54, 1.807) is 12.3 Å². The van der Waals surface area contributed by atoms with Gasteiger partial charge in [0.25, 0.3) is 0 Å². The van der Waals surface area contributed by atoms with Crippen LogP contribution in [0.2, 0.25) is 0 Å². The molecule has 1 saturated heterocycles. The van der Waals surface area contributed by atoms with Crippen molar-refractivity contribution in [2.45, 2.75) is 18.8 Å². The molecular formula is C25H30F2N4O2. The molecule has 1 aliphatic heterocycles. The van der Waals surface area contributed by atoms with Crippen molar-refractivity contribution in [3.63, 3.8) is 0 Å². The van der Waals surface area contributed by atoms with Gasteiger partial charge in [-0.15, -0.1) is 0 Å². The Morgan fingerprint density at radius 3 is 2.76 bits per heavy atom. The number of nitrogens with zero attached hydrogens (tertiary/aromatic N) is 3. The van der Waals surface area contributed by atoms with E-state index >= 15 is 0 Å². The molecule has 0 saturated carbocycles. The predicted octanol–water partition coefficient (Wildman–Crippen LogP) is 3.69. The molecule has 0 spiro atoms. The number of ether oxygens (including phenoxy) is 1. The number of hydrogen-bond acceptors (Lipinski definition) is 6. The van der Waals surface area contributed by atoms with E-state index in [4.69, 9.17) is 4.74 Å². The van der Waals surface area contributed by atoms with E-state index in [0.29, 0.717) is 36.8 Å². The topological polar surface area (TPSA) is 60.3 Å². The molecule has 2 atom stereocenters. The van der Waals surface area contributed by atoms with E-state index in [1.807, 2.05) is 53.4 Å². The number of aliphatic hydroxyl groups excluding tert-OH is 1. The van der Waals surface area contributed by atoms with Crippen molar-refractivity contribution in [3.8, 4) is 11.1 Å². The molecule has 2 aromatic carbocycles. The summed E-state index contributed by atoms with van der Waals surface area (Å²) in [6, 6.07) is 12.5. The minimum atomic E-state index is -1.00. The summed E-state index contributed by atoms with van der Waals surface area (Å²) < 4.78 is 33.1. The number of nitrogens with one attached hydrogen (secondary N) is 1. The monoisotopic (exact) mass is 456 g/mol. The molecule has 0 amide bonds. The Bertz CT molecular complexity index is 981. The normalized spacial score (nSPS) is 16.8. The summed E-state index contributed by atoms with van der Waals surface area (Å²) in [7, 11) is 1.92. The van der Waals surface area contributed by atoms with Crippen molar-refractivity contribution < 1.29 is 18.6 Å². The lowest BCUT2D eigenvalue weighted by Crippen LogP contribution is -2.29. The molecule has 1 aliphatic rings. The van der Waals surface area contributed by atoms with Gasteiger partial charge in [0.05, 0.1) is 19.2 Å². The van der Waals surface area contributed by atoms with E-state index in [0.717, 1.165) is 11.1 Å². The highest BCUT2D eigenvalue weighted by molar-refractivity contribution is 5.68. The number of aliphatic hydroxyl groups is 1. The van der Waals surface area contributed by atoms with E-state index in [-0.39, 0.29) is 18.5 Å². The third-order valence-corrected chi connectivity index (χ3v) is 5.32. The van der Waals surface area contributed by atoms with Gasteiger partial charge in [0.1, 0.15) is 18.6 Å². The lowest BCUT2D eigenvalue weighted by Gasteiger charge is -2.18. The predicted molar refractivity (Wildman–Crippen MR) is 128 cm³/mol. The van der Waals surface area contributed by atoms with E-state index in [1.165, 1.54) is 6.07 Å². The molecule has 1 fully saturated rings. The van der Waals surface area contributed by atoms with E-state index < -0.39 is 12.8 Å². The smallest absolute Gasteiger partial charge is 0.186 e. The zero-order chi connectivity index (χ0) is 23.8. The summed E-state index contributed by atoms with van der Waals surface area (Å²) in [6.07, 6.45) is 2.31. The van der Waals surface area contributed by atoms with Crippen molar-refractivity contribution >= 4 is 12.4 Å². The Morgan fingerprint density at radius 2 is 2.09 bits per heavy atom. The van der Waals surface area contributed by atoms with Crippen LogP contribution in [0.25, 0.3) is 11.1 Å². The van der Waals surface area contributed by atoms with Crippen molar-refractivity contribution in [2.75, 3.05) is 38.3 Å². The van der Waals surface area contributed by atoms with Crippen molar-refractivity contribution in [3.05, 3.63) is 78.7 Å². The second kappa shape index (κ2) is 11.6. The lowest BCUT2D eigenvalue weighted by atomic mass is 10.0. The van der Waals surface area contributed by atoms with Crippen molar-refractivity contribution in [1.29, 1.82) is 0 Å². The molecule has 6 nitrogen and oxygen atoms in total. The van der Waals surface area contributed by atoms with Gasteiger partial charge >= 0.3 is 0 Å². The fourth-order valence-corrected chi connectivity index (χ4v) is 3.63. The zero-order valence-electron chi connectivity index (χ0n) is 18.8. The first-order valence-electron chi connectivity index (χ1n) is 10.7. The van der Waals surface area contributed by atoms with Gasteiger partial charge in [-0.2, -0.15) is 0 Å². The first-order valence-corrected chi connectivity index (χ1v) is 10.7. The Kier molecular flexibility index (Phi) is 8.57. The number of hydrogen-bond donors (Lipinski definition) is 2. The van der Waals surface area contributed by atoms with Crippen LogP contribution in [0.15, 0.2) is 72.3 Å². The first-order chi connectivity index (χ1) is 15.9. The molecule has 0 aliphatic carbocycles. The Morgan fingerprint density at radius 1 is 1.33 bits per heavy atom. The SMILES string of the molecule is C=N/C=C\N(C)CC1CN(c2ccc(-c3ccc(CNCC(O)CF)cc3)c(F)c2)C(=C)O1. The molecule has 2 unspecified atom stereocenters. The number of likely N-dealkylation sites (N-methyl/N-ethyl adjacent to an activating group) is 1. The molecule has 0 bridgehead atoms. The standard InChI is InChI=1S/C25H30F2N4O2/c1-18-31(17-23(33-18)16-30(3)11-10-28-2)21-8-9-24(25(27)12-21)20-6-4-19(5-7-20)14-29-15-22(32)13-26/h4-12,22-23,29,32H,1-2,13-17H2,3H3/b11-10-. The van der Waals surface area contributed by atoms with Gasteiger partial charge in [0.2, 0.25) is 0 Å². The largest absolute Gasteiger partial charge is 0.472 e. The van der Waals surface area contributed by atoms with Crippen LogP contribution in [-0.2, 0) is 11.3 Å². The Hall–Kier alpha value is -3.23. The van der Waals surface area contributed by atoms with Crippen LogP contribution in [0.4, 0.5) is 14.5 Å². The highest BCUT2D eigenvalue weighted by Crippen LogP contribution is 2.31. The molecule has 0 radical (unpaired) electrons. The van der Waals surface area contributed by atoms with E-state index in [9.17, 15) is 13.9 Å². The number of alkyl halides is 1. The molecule has 8 heteroatoms. The van der Waals surface area contributed by atoms with Crippen LogP contribution in [0.1, 0.15) is 5.56 Å². The maximum atomic E-state index is 15.0. The fraction of sp³-hybridized carbons (Fsp3) is 0.320. The Labute approximate surface area is 193 Å². The van der Waals surface area contributed by atoms with E-state index in [2.05, 4.69) is 23.6 Å².